The van der Waals surface area contributed by atoms with Gasteiger partial charge in [-0.2, -0.15) is 0 Å². The van der Waals surface area contributed by atoms with Crippen molar-refractivity contribution in [2.24, 2.45) is 0 Å². The first-order chi connectivity index (χ1) is 18.1. The van der Waals surface area contributed by atoms with Crippen molar-refractivity contribution in [3.63, 3.8) is 0 Å². The number of imidazole rings is 1. The summed E-state index contributed by atoms with van der Waals surface area (Å²) in [4.78, 5) is 33.8. The molecule has 0 spiro atoms. The third-order valence-electron chi connectivity index (χ3n) is 6.89. The summed E-state index contributed by atoms with van der Waals surface area (Å²) >= 11 is 0. The Kier molecular flexibility index (Phi) is 6.78. The molecule has 1 amide bonds. The lowest BCUT2D eigenvalue weighted by atomic mass is 10.1. The van der Waals surface area contributed by atoms with Crippen LogP contribution in [0, 0.1) is 18.6 Å². The third-order valence-corrected chi connectivity index (χ3v) is 6.89. The molecule has 0 aliphatic carbocycles. The molecule has 4 heterocycles. The number of likely N-dealkylation sites (tertiary alicyclic amines) is 1. The maximum absolute atomic E-state index is 14.9. The van der Waals surface area contributed by atoms with E-state index in [0.29, 0.717) is 41.9 Å². The minimum absolute atomic E-state index is 0.0444. The fourth-order valence-electron chi connectivity index (χ4n) is 4.93. The van der Waals surface area contributed by atoms with Crippen molar-refractivity contribution < 1.29 is 13.6 Å². The summed E-state index contributed by atoms with van der Waals surface area (Å²) in [6, 6.07) is 6.64. The number of carbonyl (C=O) groups is 1. The van der Waals surface area contributed by atoms with E-state index in [-0.39, 0.29) is 34.7 Å². The number of anilines is 2. The number of carbonyl (C=O) groups excluding carboxylic acids is 1. The van der Waals surface area contributed by atoms with Crippen LogP contribution in [0.1, 0.15) is 42.5 Å². The topological polar surface area (TPSA) is 92.1 Å². The van der Waals surface area contributed by atoms with Crippen LogP contribution >= 0.6 is 0 Å². The molecule has 11 heteroatoms. The van der Waals surface area contributed by atoms with Crippen LogP contribution < -0.4 is 5.32 Å². The molecule has 3 aromatic heterocycles. The largest absolute Gasteiger partial charge is 0.337 e. The van der Waals surface area contributed by atoms with E-state index in [9.17, 15) is 13.6 Å². The Labute approximate surface area is 219 Å². The van der Waals surface area contributed by atoms with Gasteiger partial charge in [-0.15, -0.1) is 0 Å². The van der Waals surface area contributed by atoms with Gasteiger partial charge in [0.05, 0.1) is 17.3 Å². The lowest BCUT2D eigenvalue weighted by Gasteiger charge is -2.20. The van der Waals surface area contributed by atoms with Crippen molar-refractivity contribution >= 4 is 28.7 Å². The highest BCUT2D eigenvalue weighted by Crippen LogP contribution is 2.30. The van der Waals surface area contributed by atoms with Gasteiger partial charge in [0.1, 0.15) is 22.9 Å². The van der Waals surface area contributed by atoms with Gasteiger partial charge in [0, 0.05) is 36.9 Å². The quantitative estimate of drug-likeness (QED) is 0.398. The molecule has 0 radical (unpaired) electrons. The number of hydrogen-bond acceptors (Lipinski definition) is 7. The summed E-state index contributed by atoms with van der Waals surface area (Å²) in [7, 11) is 4.03. The second-order valence-corrected chi connectivity index (χ2v) is 10.1. The summed E-state index contributed by atoms with van der Waals surface area (Å²) in [6.45, 7) is 7.15. The highest BCUT2D eigenvalue weighted by molar-refractivity contribution is 5.94. The number of nitrogens with one attached hydrogen (secondary N) is 1. The van der Waals surface area contributed by atoms with Crippen LogP contribution in [0.3, 0.4) is 0 Å². The molecule has 198 valence electrons. The first kappa shape index (κ1) is 25.7. The zero-order valence-electron chi connectivity index (χ0n) is 22.0. The SMILES string of the molecule is Cc1nc2c(F)cc(-c3nc(Nc4ccc(C(=O)N5CC[C@@H](N(C)C)C5)cn4)ncc3F)cc2n1C(C)C. The Hall–Kier alpha value is -3.99. The molecular formula is C27H30F2N8O. The Morgan fingerprint density at radius 2 is 1.89 bits per heavy atom. The van der Waals surface area contributed by atoms with Crippen LogP contribution in [0.4, 0.5) is 20.5 Å². The Morgan fingerprint density at radius 3 is 2.55 bits per heavy atom. The fourth-order valence-corrected chi connectivity index (χ4v) is 4.93. The molecule has 1 saturated heterocycles. The van der Waals surface area contributed by atoms with Gasteiger partial charge in [0.25, 0.3) is 5.91 Å². The normalized spacial score (nSPS) is 15.7. The zero-order valence-corrected chi connectivity index (χ0v) is 22.0. The van der Waals surface area contributed by atoms with Crippen LogP contribution in [-0.2, 0) is 0 Å². The van der Waals surface area contributed by atoms with Crippen LogP contribution in [-0.4, -0.2) is 73.4 Å². The van der Waals surface area contributed by atoms with Crippen LogP contribution in [0.25, 0.3) is 22.3 Å². The van der Waals surface area contributed by atoms with Gasteiger partial charge >= 0.3 is 0 Å². The maximum Gasteiger partial charge on any atom is 0.255 e. The van der Waals surface area contributed by atoms with Crippen LogP contribution in [0.15, 0.2) is 36.7 Å². The lowest BCUT2D eigenvalue weighted by molar-refractivity contribution is 0.0782. The summed E-state index contributed by atoms with van der Waals surface area (Å²) in [6.07, 6.45) is 3.47. The number of benzene rings is 1. The minimum Gasteiger partial charge on any atom is -0.337 e. The number of hydrogen-bond donors (Lipinski definition) is 1. The van der Waals surface area contributed by atoms with E-state index in [1.807, 2.05) is 44.3 Å². The highest BCUT2D eigenvalue weighted by atomic mass is 19.1. The molecule has 1 fully saturated rings. The number of rotatable bonds is 6. The van der Waals surface area contributed by atoms with E-state index in [2.05, 4.69) is 30.2 Å². The number of aromatic nitrogens is 5. The van der Waals surface area contributed by atoms with Gasteiger partial charge in [-0.1, -0.05) is 0 Å². The zero-order chi connectivity index (χ0) is 27.1. The summed E-state index contributed by atoms with van der Waals surface area (Å²) < 4.78 is 31.6. The van der Waals surface area contributed by atoms with Gasteiger partial charge in [-0.25, -0.2) is 28.7 Å². The van der Waals surface area contributed by atoms with Crippen molar-refractivity contribution in [2.45, 2.75) is 39.3 Å². The van der Waals surface area contributed by atoms with Gasteiger partial charge in [0.2, 0.25) is 5.95 Å². The molecule has 38 heavy (non-hydrogen) atoms. The van der Waals surface area contributed by atoms with Gasteiger partial charge in [-0.05, 0) is 65.6 Å². The number of nitrogens with zero attached hydrogens (tertiary/aromatic N) is 7. The fraction of sp³-hybridized carbons (Fsp3) is 0.370. The highest BCUT2D eigenvalue weighted by Gasteiger charge is 2.28. The molecule has 1 atom stereocenters. The van der Waals surface area contributed by atoms with Crippen molar-refractivity contribution in [2.75, 3.05) is 32.5 Å². The van der Waals surface area contributed by atoms with E-state index in [1.165, 1.54) is 12.3 Å². The number of amides is 1. The van der Waals surface area contributed by atoms with E-state index >= 15 is 0 Å². The molecular weight excluding hydrogens is 490 g/mol. The molecule has 0 bridgehead atoms. The molecule has 1 aliphatic rings. The van der Waals surface area contributed by atoms with E-state index in [0.717, 1.165) is 12.6 Å². The predicted molar refractivity (Wildman–Crippen MR) is 141 cm³/mol. The second-order valence-electron chi connectivity index (χ2n) is 10.1. The van der Waals surface area contributed by atoms with E-state index in [1.54, 1.807) is 18.2 Å². The van der Waals surface area contributed by atoms with Crippen molar-refractivity contribution in [1.82, 2.24) is 34.3 Å². The third kappa shape index (κ3) is 4.81. The first-order valence-corrected chi connectivity index (χ1v) is 12.5. The van der Waals surface area contributed by atoms with Gasteiger partial charge < -0.3 is 19.7 Å². The molecule has 1 N–H and O–H groups in total. The summed E-state index contributed by atoms with van der Waals surface area (Å²) in [5, 5.41) is 2.94. The average molecular weight is 521 g/mol. The molecule has 9 nitrogen and oxygen atoms in total. The minimum atomic E-state index is -0.683. The molecule has 0 unspecified atom stereocenters. The summed E-state index contributed by atoms with van der Waals surface area (Å²) in [5.74, 6) is -0.146. The maximum atomic E-state index is 14.9. The van der Waals surface area contributed by atoms with E-state index < -0.39 is 11.6 Å². The lowest BCUT2D eigenvalue weighted by Crippen LogP contribution is -2.34. The predicted octanol–water partition coefficient (Wildman–Crippen LogP) is 4.58. The second kappa shape index (κ2) is 10.1. The van der Waals surface area contributed by atoms with E-state index in [4.69, 9.17) is 0 Å². The Morgan fingerprint density at radius 1 is 1.11 bits per heavy atom. The Balaban J connectivity index is 1.38. The molecule has 1 aliphatic heterocycles. The monoisotopic (exact) mass is 520 g/mol. The van der Waals surface area contributed by atoms with Gasteiger partial charge in [0.15, 0.2) is 11.6 Å². The number of pyridine rings is 1. The standard InChI is InChI=1S/C27H30F2N8O/c1-15(2)37-16(3)32-25-20(28)10-18(11-22(25)37)24-21(29)13-31-27(34-24)33-23-7-6-17(12-30-23)26(38)36-9-8-19(14-36)35(4)5/h6-7,10-13,15,19H,8-9,14H2,1-5H3,(H,30,31,33,34)/t19-/m1/s1. The summed E-state index contributed by atoms with van der Waals surface area (Å²) in [5.41, 5.74) is 1.51. The van der Waals surface area contributed by atoms with Crippen LogP contribution in [0.5, 0.6) is 0 Å². The average Bonchev–Trinajstić information content (AvgIpc) is 3.50. The molecule has 4 aromatic rings. The van der Waals surface area contributed by atoms with Crippen molar-refractivity contribution in [3.8, 4) is 11.3 Å². The molecule has 0 saturated carbocycles. The van der Waals surface area contributed by atoms with Gasteiger partial charge in [-0.3, -0.25) is 4.79 Å². The molecule has 1 aromatic carbocycles. The molecule has 5 rings (SSSR count). The number of fused-ring (bicyclic) bond motifs is 1. The van der Waals surface area contributed by atoms with Crippen LogP contribution in [0.2, 0.25) is 0 Å². The van der Waals surface area contributed by atoms with Crippen molar-refractivity contribution in [1.29, 1.82) is 0 Å². The first-order valence-electron chi connectivity index (χ1n) is 12.5. The number of likely N-dealkylation sites (N-methyl/N-ethyl adjacent to an activating group) is 1. The Bertz CT molecular complexity index is 1500. The number of aryl methyl sites for hydroxylation is 1. The number of halogens is 2. The smallest absolute Gasteiger partial charge is 0.255 e. The van der Waals surface area contributed by atoms with Crippen molar-refractivity contribution in [3.05, 3.63) is 59.7 Å².